The van der Waals surface area contributed by atoms with Crippen molar-refractivity contribution in [2.45, 2.75) is 19.3 Å². The minimum Gasteiger partial charge on any atom is -0.206 e. The number of rotatable bonds is 4. The summed E-state index contributed by atoms with van der Waals surface area (Å²) in [4.78, 5) is 0.617. The van der Waals surface area contributed by atoms with Crippen LogP contribution in [0.4, 0.5) is 8.78 Å². The lowest BCUT2D eigenvalue weighted by molar-refractivity contribution is 0.632. The maximum atomic E-state index is 14.4. The molecule has 0 N–H and O–H groups in total. The van der Waals surface area contributed by atoms with Gasteiger partial charge in [-0.3, -0.25) is 0 Å². The van der Waals surface area contributed by atoms with Crippen molar-refractivity contribution in [3.63, 3.8) is 0 Å². The Morgan fingerprint density at radius 1 is 0.870 bits per heavy atom. The summed E-state index contributed by atoms with van der Waals surface area (Å²) in [5.74, 6) is 0.551. The van der Waals surface area contributed by atoms with Crippen LogP contribution in [-0.4, -0.2) is 0 Å². The zero-order valence-electron chi connectivity index (χ0n) is 12.6. The third-order valence-electron chi connectivity index (χ3n) is 4.32. The topological polar surface area (TPSA) is 0 Å². The van der Waals surface area contributed by atoms with E-state index in [1.54, 1.807) is 12.1 Å². The van der Waals surface area contributed by atoms with Crippen molar-refractivity contribution in [2.24, 2.45) is 5.92 Å². The molecule has 116 valence electrons. The molecule has 23 heavy (non-hydrogen) atoms. The van der Waals surface area contributed by atoms with Crippen molar-refractivity contribution >= 4 is 11.3 Å². The van der Waals surface area contributed by atoms with Gasteiger partial charge in [0, 0.05) is 10.4 Å². The molecule has 1 fully saturated rings. The molecule has 0 saturated heterocycles. The van der Waals surface area contributed by atoms with Gasteiger partial charge >= 0.3 is 0 Å². The second-order valence-corrected chi connectivity index (χ2v) is 7.18. The monoisotopic (exact) mass is 326 g/mol. The van der Waals surface area contributed by atoms with Gasteiger partial charge in [0.15, 0.2) is 5.13 Å². The molecule has 1 aliphatic carbocycles. The van der Waals surface area contributed by atoms with Crippen molar-refractivity contribution in [3.8, 4) is 21.6 Å². The van der Waals surface area contributed by atoms with Crippen molar-refractivity contribution in [2.75, 3.05) is 0 Å². The molecule has 1 aliphatic rings. The van der Waals surface area contributed by atoms with Crippen molar-refractivity contribution in [1.29, 1.82) is 0 Å². The normalized spacial score (nSPS) is 14.2. The van der Waals surface area contributed by atoms with Gasteiger partial charge in [0.1, 0.15) is 5.82 Å². The van der Waals surface area contributed by atoms with Crippen LogP contribution in [0.1, 0.15) is 18.4 Å². The zero-order chi connectivity index (χ0) is 15.8. The first-order chi connectivity index (χ1) is 11.2. The Balaban J connectivity index is 1.60. The highest BCUT2D eigenvalue weighted by Crippen LogP contribution is 2.34. The molecule has 2 aromatic carbocycles. The van der Waals surface area contributed by atoms with E-state index in [9.17, 15) is 8.78 Å². The average molecular weight is 326 g/mol. The average Bonchev–Trinajstić information content (AvgIpc) is 3.26. The minimum absolute atomic E-state index is 0.297. The van der Waals surface area contributed by atoms with E-state index >= 15 is 0 Å². The summed E-state index contributed by atoms with van der Waals surface area (Å²) in [5.41, 5.74) is 3.66. The maximum Gasteiger partial charge on any atom is 0.176 e. The predicted octanol–water partition coefficient (Wildman–Crippen LogP) is 6.31. The van der Waals surface area contributed by atoms with E-state index in [0.717, 1.165) is 34.8 Å². The van der Waals surface area contributed by atoms with E-state index < -0.39 is 0 Å². The van der Waals surface area contributed by atoms with Crippen LogP contribution in [0, 0.1) is 16.9 Å². The Labute approximate surface area is 138 Å². The molecule has 1 saturated carbocycles. The summed E-state index contributed by atoms with van der Waals surface area (Å²) in [6, 6.07) is 16.5. The number of hydrogen-bond acceptors (Lipinski definition) is 1. The number of benzene rings is 2. The lowest BCUT2D eigenvalue weighted by atomic mass is 10.00. The third kappa shape index (κ3) is 3.20. The fourth-order valence-corrected chi connectivity index (χ4v) is 3.60. The Morgan fingerprint density at radius 3 is 2.22 bits per heavy atom. The molecule has 0 atom stereocenters. The van der Waals surface area contributed by atoms with Crippen LogP contribution >= 0.6 is 11.3 Å². The van der Waals surface area contributed by atoms with E-state index in [2.05, 4.69) is 24.3 Å². The van der Waals surface area contributed by atoms with Crippen molar-refractivity contribution in [1.82, 2.24) is 0 Å². The molecule has 0 aliphatic heterocycles. The van der Waals surface area contributed by atoms with E-state index in [0.29, 0.717) is 10.4 Å². The molecule has 0 spiro atoms. The second-order valence-electron chi connectivity index (χ2n) is 6.14. The molecule has 3 aromatic rings. The Hall–Kier alpha value is -2.00. The van der Waals surface area contributed by atoms with Gasteiger partial charge in [-0.15, -0.1) is 11.3 Å². The van der Waals surface area contributed by atoms with E-state index in [4.69, 9.17) is 0 Å². The van der Waals surface area contributed by atoms with Gasteiger partial charge in [-0.05, 0) is 66.1 Å². The van der Waals surface area contributed by atoms with Gasteiger partial charge in [0.05, 0.1) is 0 Å². The van der Waals surface area contributed by atoms with Crippen LogP contribution in [0.5, 0.6) is 0 Å². The minimum atomic E-state index is -0.314. The maximum absolute atomic E-state index is 14.4. The van der Waals surface area contributed by atoms with E-state index in [1.807, 2.05) is 6.07 Å². The SMILES string of the molecule is Fc1ccc(-c2ccc(-c3ccc(CC4CC4)cc3)cc2F)s1. The van der Waals surface area contributed by atoms with Gasteiger partial charge in [-0.2, -0.15) is 4.39 Å². The highest BCUT2D eigenvalue weighted by molar-refractivity contribution is 7.13. The van der Waals surface area contributed by atoms with Gasteiger partial charge in [0.25, 0.3) is 0 Å². The Kier molecular flexibility index (Phi) is 3.74. The summed E-state index contributed by atoms with van der Waals surface area (Å²) in [6.07, 6.45) is 3.84. The lowest BCUT2D eigenvalue weighted by Crippen LogP contribution is -1.88. The van der Waals surface area contributed by atoms with E-state index in [-0.39, 0.29) is 10.9 Å². The largest absolute Gasteiger partial charge is 0.206 e. The van der Waals surface area contributed by atoms with E-state index in [1.165, 1.54) is 30.5 Å². The van der Waals surface area contributed by atoms with Crippen LogP contribution in [-0.2, 0) is 6.42 Å². The molecular weight excluding hydrogens is 310 g/mol. The highest BCUT2D eigenvalue weighted by Gasteiger charge is 2.21. The first-order valence-electron chi connectivity index (χ1n) is 7.83. The number of thiophene rings is 1. The number of hydrogen-bond donors (Lipinski definition) is 0. The third-order valence-corrected chi connectivity index (χ3v) is 5.22. The standard InChI is InChI=1S/C20H16F2S/c21-18-12-16(7-8-17(18)19-9-10-20(22)23-19)15-5-3-14(4-6-15)11-13-1-2-13/h3-10,12-13H,1-2,11H2. The molecular formula is C20H16F2S. The molecule has 0 unspecified atom stereocenters. The molecule has 0 radical (unpaired) electrons. The smallest absolute Gasteiger partial charge is 0.176 e. The van der Waals surface area contributed by atoms with Crippen LogP contribution < -0.4 is 0 Å². The quantitative estimate of drug-likeness (QED) is 0.527. The van der Waals surface area contributed by atoms with Crippen molar-refractivity contribution in [3.05, 3.63) is 71.1 Å². The summed E-state index contributed by atoms with van der Waals surface area (Å²) >= 11 is 0.964. The summed E-state index contributed by atoms with van der Waals surface area (Å²) in [7, 11) is 0. The highest BCUT2D eigenvalue weighted by atomic mass is 32.1. The summed E-state index contributed by atoms with van der Waals surface area (Å²) < 4.78 is 27.5. The molecule has 0 nitrogen and oxygen atoms in total. The van der Waals surface area contributed by atoms with Crippen LogP contribution in [0.2, 0.25) is 0 Å². The van der Waals surface area contributed by atoms with Gasteiger partial charge in [-0.25, -0.2) is 4.39 Å². The fraction of sp³-hybridized carbons (Fsp3) is 0.200. The van der Waals surface area contributed by atoms with Gasteiger partial charge in [-0.1, -0.05) is 30.3 Å². The van der Waals surface area contributed by atoms with Crippen LogP contribution in [0.25, 0.3) is 21.6 Å². The van der Waals surface area contributed by atoms with Crippen LogP contribution in [0.3, 0.4) is 0 Å². The van der Waals surface area contributed by atoms with Gasteiger partial charge in [0.2, 0.25) is 0 Å². The lowest BCUT2D eigenvalue weighted by Gasteiger charge is -2.07. The van der Waals surface area contributed by atoms with Crippen molar-refractivity contribution < 1.29 is 8.78 Å². The first-order valence-corrected chi connectivity index (χ1v) is 8.65. The Morgan fingerprint density at radius 2 is 1.61 bits per heavy atom. The zero-order valence-corrected chi connectivity index (χ0v) is 13.4. The molecule has 1 aromatic heterocycles. The second kappa shape index (κ2) is 5.89. The first kappa shape index (κ1) is 14.6. The molecule has 0 bridgehead atoms. The molecule has 0 amide bonds. The number of halogens is 2. The fourth-order valence-electron chi connectivity index (χ4n) is 2.84. The van der Waals surface area contributed by atoms with Gasteiger partial charge < -0.3 is 0 Å². The molecule has 1 heterocycles. The Bertz CT molecular complexity index is 829. The molecule has 3 heteroatoms. The van der Waals surface area contributed by atoms with Crippen LogP contribution in [0.15, 0.2) is 54.6 Å². The predicted molar refractivity (Wildman–Crippen MR) is 91.5 cm³/mol. The molecule has 4 rings (SSSR count). The summed E-state index contributed by atoms with van der Waals surface area (Å²) in [5, 5.41) is -0.297. The summed E-state index contributed by atoms with van der Waals surface area (Å²) in [6.45, 7) is 0.